The van der Waals surface area contributed by atoms with Gasteiger partial charge < -0.3 is 53.3 Å². The molecular formula is C22H36Cl2N14O6S-2. The summed E-state index contributed by atoms with van der Waals surface area (Å²) in [7, 11) is -5.17. The summed E-state index contributed by atoms with van der Waals surface area (Å²) in [5, 5.41) is 0.146. The Morgan fingerprint density at radius 3 is 1.20 bits per heavy atom. The van der Waals surface area contributed by atoms with Crippen molar-refractivity contribution >= 4 is 80.6 Å². The van der Waals surface area contributed by atoms with Crippen LogP contribution >= 0.6 is 23.2 Å². The van der Waals surface area contributed by atoms with Crippen LogP contribution in [-0.4, -0.2) is 86.4 Å². The van der Waals surface area contributed by atoms with Crippen molar-refractivity contribution in [3.63, 3.8) is 0 Å². The zero-order valence-corrected chi connectivity index (χ0v) is 27.6. The fourth-order valence-corrected chi connectivity index (χ4v) is 3.85. The molecule has 2 heterocycles. The maximum absolute atomic E-state index is 11.7. The summed E-state index contributed by atoms with van der Waals surface area (Å²) in [6.07, 6.45) is 0. The lowest BCUT2D eigenvalue weighted by Gasteiger charge is -2.27. The smallest absolute Gasteiger partial charge is 0.302 e. The minimum Gasteiger partial charge on any atom is -0.759 e. The maximum atomic E-state index is 11.7. The first-order valence-electron chi connectivity index (χ1n) is 12.7. The molecule has 0 aromatic carbocycles. The highest BCUT2D eigenvalue weighted by molar-refractivity contribution is 7.79. The second-order valence-corrected chi connectivity index (χ2v) is 10.5. The monoisotopic (exact) mass is 694 g/mol. The van der Waals surface area contributed by atoms with E-state index in [0.29, 0.717) is 24.7 Å². The van der Waals surface area contributed by atoms with Crippen molar-refractivity contribution in [3.05, 3.63) is 21.7 Å². The Hall–Kier alpha value is -4.31. The zero-order valence-electron chi connectivity index (χ0n) is 25.2. The van der Waals surface area contributed by atoms with Crippen molar-refractivity contribution in [2.45, 2.75) is 53.6 Å². The van der Waals surface area contributed by atoms with Crippen molar-refractivity contribution < 1.29 is 27.1 Å². The second kappa shape index (κ2) is 17.9. The lowest BCUT2D eigenvalue weighted by atomic mass is 10.3. The van der Waals surface area contributed by atoms with Gasteiger partial charge in [-0.2, -0.15) is 9.98 Å². The van der Waals surface area contributed by atoms with E-state index in [4.69, 9.17) is 75.1 Å². The minimum atomic E-state index is -5.17. The molecule has 2 amide bonds. The van der Waals surface area contributed by atoms with Gasteiger partial charge in [-0.1, -0.05) is 23.2 Å². The summed E-state index contributed by atoms with van der Waals surface area (Å²) in [4.78, 5) is 50.1. The zero-order chi connectivity index (χ0) is 35.4. The number of halogens is 2. The van der Waals surface area contributed by atoms with E-state index < -0.39 is 22.2 Å². The lowest BCUT2D eigenvalue weighted by Crippen LogP contribution is -2.32. The first-order chi connectivity index (χ1) is 20.5. The number of nitrogens with two attached hydrogens (primary N) is 6. The molecule has 0 atom stereocenters. The summed E-state index contributed by atoms with van der Waals surface area (Å²) < 4.78 is 34.1. The SMILES string of the molecule is CCN(c1nc(N)c(C(=O)N=C(N)N)nc1Cl)C(C)C.CCN(c1nc(N)c(C(=O)N=C(N)N)nc1Cl)C(C)C.O=S(=O)([O-])[O-]. The van der Waals surface area contributed by atoms with Crippen LogP contribution in [0.25, 0.3) is 0 Å². The largest absolute Gasteiger partial charge is 0.759 e. The van der Waals surface area contributed by atoms with Crippen LogP contribution in [0.3, 0.4) is 0 Å². The Morgan fingerprint density at radius 2 is 1.00 bits per heavy atom. The van der Waals surface area contributed by atoms with E-state index in [1.165, 1.54) is 0 Å². The van der Waals surface area contributed by atoms with Gasteiger partial charge in [-0.25, -0.2) is 19.9 Å². The molecule has 2 aromatic heterocycles. The Balaban J connectivity index is 0.000000748. The first-order valence-corrected chi connectivity index (χ1v) is 14.8. The van der Waals surface area contributed by atoms with Crippen LogP contribution in [0.1, 0.15) is 62.5 Å². The quantitative estimate of drug-likeness (QED) is 0.0867. The van der Waals surface area contributed by atoms with E-state index in [1.54, 1.807) is 0 Å². The number of carbonyl (C=O) groups excluding carboxylic acids is 2. The third kappa shape index (κ3) is 13.9. The standard InChI is InChI=1S/2C11H18ClN7O.H2O4S/c2*1-4-19(5(2)3)9-7(12)16-6(8(13)17-9)10(20)18-11(14)15;1-5(2,3)4/h2*5H,4H2,1-3H3,(H2,13,17)(H4,14,15,18,20);(H2,1,2,3,4)/p-2. The number of hydrogen-bond donors (Lipinski definition) is 6. The Kier molecular flexibility index (Phi) is 16.1. The number of aromatic nitrogens is 4. The first kappa shape index (κ1) is 40.7. The Bertz CT molecular complexity index is 1410. The summed E-state index contributed by atoms with van der Waals surface area (Å²) in [5.41, 5.74) is 31.6. The van der Waals surface area contributed by atoms with Gasteiger partial charge in [0.05, 0.1) is 0 Å². The summed E-state index contributed by atoms with van der Waals surface area (Å²) in [6, 6.07) is 0.316. The van der Waals surface area contributed by atoms with E-state index in [9.17, 15) is 9.59 Å². The predicted molar refractivity (Wildman–Crippen MR) is 170 cm³/mol. The third-order valence-corrected chi connectivity index (χ3v) is 5.57. The van der Waals surface area contributed by atoms with Crippen molar-refractivity contribution in [3.8, 4) is 0 Å². The number of nitrogens with zero attached hydrogens (tertiary/aromatic N) is 8. The number of amides is 2. The average molecular weight is 696 g/mol. The van der Waals surface area contributed by atoms with Crippen LogP contribution in [0.5, 0.6) is 0 Å². The molecule has 252 valence electrons. The van der Waals surface area contributed by atoms with Crippen LogP contribution in [0.4, 0.5) is 23.3 Å². The highest BCUT2D eigenvalue weighted by Gasteiger charge is 2.22. The van der Waals surface area contributed by atoms with Crippen LogP contribution < -0.4 is 44.2 Å². The molecule has 0 saturated heterocycles. The van der Waals surface area contributed by atoms with Gasteiger partial charge in [0.15, 0.2) is 56.9 Å². The van der Waals surface area contributed by atoms with Crippen molar-refractivity contribution in [1.29, 1.82) is 0 Å². The Morgan fingerprint density at radius 1 is 0.733 bits per heavy atom. The fourth-order valence-electron chi connectivity index (χ4n) is 3.38. The van der Waals surface area contributed by atoms with E-state index >= 15 is 0 Å². The van der Waals surface area contributed by atoms with Gasteiger partial charge in [0.1, 0.15) is 0 Å². The predicted octanol–water partition coefficient (Wildman–Crippen LogP) is -0.617. The van der Waals surface area contributed by atoms with Gasteiger partial charge in [-0.15, -0.1) is 0 Å². The van der Waals surface area contributed by atoms with E-state index in [2.05, 4.69) is 29.9 Å². The minimum absolute atomic E-state index is 0.0708. The topological polar surface area (TPSA) is 353 Å². The van der Waals surface area contributed by atoms with Crippen LogP contribution in [-0.2, 0) is 10.4 Å². The molecule has 23 heteroatoms. The highest BCUT2D eigenvalue weighted by atomic mass is 35.5. The van der Waals surface area contributed by atoms with E-state index in [-0.39, 0.29) is 57.3 Å². The molecule has 0 bridgehead atoms. The lowest BCUT2D eigenvalue weighted by molar-refractivity contribution is 0.0990. The molecule has 0 unspecified atom stereocenters. The van der Waals surface area contributed by atoms with Crippen molar-refractivity contribution in [1.82, 2.24) is 19.9 Å². The highest BCUT2D eigenvalue weighted by Crippen LogP contribution is 2.27. The molecule has 0 spiro atoms. The van der Waals surface area contributed by atoms with E-state index in [0.717, 1.165) is 0 Å². The van der Waals surface area contributed by atoms with Gasteiger partial charge in [-0.05, 0) is 41.5 Å². The van der Waals surface area contributed by atoms with Gasteiger partial charge >= 0.3 is 11.8 Å². The summed E-state index contributed by atoms with van der Waals surface area (Å²) >= 11 is 12.1. The number of rotatable bonds is 8. The molecule has 2 rings (SSSR count). The van der Waals surface area contributed by atoms with Gasteiger partial charge in [0.2, 0.25) is 0 Å². The molecule has 20 nitrogen and oxygen atoms in total. The number of carbonyl (C=O) groups is 2. The van der Waals surface area contributed by atoms with Crippen LogP contribution in [0.2, 0.25) is 10.3 Å². The number of aliphatic imine (C=N–C) groups is 2. The number of hydrogen-bond acceptors (Lipinski definition) is 14. The maximum Gasteiger partial charge on any atom is 0.302 e. The van der Waals surface area contributed by atoms with Gasteiger partial charge in [-0.3, -0.25) is 18.0 Å². The van der Waals surface area contributed by atoms with Gasteiger partial charge in [0.25, 0.3) is 0 Å². The van der Waals surface area contributed by atoms with Crippen LogP contribution in [0.15, 0.2) is 9.98 Å². The molecule has 0 aliphatic carbocycles. The molecule has 0 radical (unpaired) electrons. The third-order valence-electron chi connectivity index (χ3n) is 5.07. The van der Waals surface area contributed by atoms with Gasteiger partial charge in [0, 0.05) is 35.6 Å². The Labute approximate surface area is 269 Å². The molecule has 0 fully saturated rings. The molecule has 2 aromatic rings. The van der Waals surface area contributed by atoms with Crippen molar-refractivity contribution in [2.24, 2.45) is 32.9 Å². The average Bonchev–Trinajstić information content (AvgIpc) is 2.86. The second-order valence-electron chi connectivity index (χ2n) is 9.00. The molecule has 12 N–H and O–H groups in total. The fraction of sp³-hybridized carbons (Fsp3) is 0.455. The number of anilines is 4. The molecule has 0 aliphatic rings. The summed E-state index contributed by atoms with van der Waals surface area (Å²) in [5.74, 6) is -1.63. The van der Waals surface area contributed by atoms with E-state index in [1.807, 2.05) is 51.3 Å². The van der Waals surface area contributed by atoms with Crippen LogP contribution in [0, 0.1) is 0 Å². The molecule has 0 aliphatic heterocycles. The number of nitrogen functional groups attached to an aromatic ring is 2. The molecule has 0 saturated carbocycles. The van der Waals surface area contributed by atoms with Crippen molar-refractivity contribution in [2.75, 3.05) is 34.4 Å². The molecule has 45 heavy (non-hydrogen) atoms. The summed E-state index contributed by atoms with van der Waals surface area (Å²) in [6.45, 7) is 13.2. The molecular weight excluding hydrogens is 659 g/mol. The normalized spacial score (nSPS) is 10.6. The number of guanidine groups is 2.